The van der Waals surface area contributed by atoms with Gasteiger partial charge in [0.1, 0.15) is 6.04 Å². The number of aliphatic carboxylic acids is 1. The Labute approximate surface area is 123 Å². The highest BCUT2D eigenvalue weighted by Gasteiger charge is 2.31. The van der Waals surface area contributed by atoms with Crippen molar-refractivity contribution in [2.24, 2.45) is 5.41 Å². The molecule has 1 rings (SSSR count). The topological polar surface area (TPSA) is 95.5 Å². The zero-order valence-electron chi connectivity index (χ0n) is 12.3. The van der Waals surface area contributed by atoms with E-state index in [1.54, 1.807) is 31.2 Å². The first-order chi connectivity index (χ1) is 9.72. The summed E-state index contributed by atoms with van der Waals surface area (Å²) in [6.45, 7) is 4.47. The van der Waals surface area contributed by atoms with E-state index >= 15 is 0 Å². The maximum Gasteiger partial charge on any atom is 0.309 e. The Bertz CT molecular complexity index is 526. The predicted octanol–water partition coefficient (Wildman–Crippen LogP) is 1.63. The number of anilines is 1. The minimum atomic E-state index is -1.17. The summed E-state index contributed by atoms with van der Waals surface area (Å²) in [4.78, 5) is 34.6. The van der Waals surface area contributed by atoms with Gasteiger partial charge in [-0.2, -0.15) is 0 Å². The van der Waals surface area contributed by atoms with Crippen LogP contribution in [0.4, 0.5) is 5.69 Å². The van der Waals surface area contributed by atoms with Crippen LogP contribution in [0, 0.1) is 5.41 Å². The molecule has 3 N–H and O–H groups in total. The number of hydrogen-bond acceptors (Lipinski definition) is 3. The van der Waals surface area contributed by atoms with Gasteiger partial charge in [0.15, 0.2) is 0 Å². The lowest BCUT2D eigenvalue weighted by molar-refractivity contribution is -0.149. The molecule has 0 saturated carbocycles. The highest BCUT2D eigenvalue weighted by molar-refractivity contribution is 5.97. The van der Waals surface area contributed by atoms with Crippen LogP contribution in [0.3, 0.4) is 0 Å². The SMILES string of the molecule is CC(NC(=O)CC(C)(C)C(=O)O)C(=O)Nc1ccccc1. The van der Waals surface area contributed by atoms with Crippen LogP contribution in [0.1, 0.15) is 27.2 Å². The Morgan fingerprint density at radius 1 is 1.19 bits per heavy atom. The molecule has 0 bridgehead atoms. The van der Waals surface area contributed by atoms with Gasteiger partial charge in [-0.3, -0.25) is 14.4 Å². The van der Waals surface area contributed by atoms with Crippen LogP contribution in [-0.4, -0.2) is 28.9 Å². The third-order valence-corrected chi connectivity index (χ3v) is 2.99. The Hall–Kier alpha value is -2.37. The monoisotopic (exact) mass is 292 g/mol. The van der Waals surface area contributed by atoms with Crippen LogP contribution in [0.5, 0.6) is 0 Å². The van der Waals surface area contributed by atoms with E-state index in [0.29, 0.717) is 5.69 Å². The first kappa shape index (κ1) is 16.7. The Kier molecular flexibility index (Phi) is 5.46. The summed E-state index contributed by atoms with van der Waals surface area (Å²) in [6, 6.07) is 8.12. The lowest BCUT2D eigenvalue weighted by atomic mass is 9.89. The van der Waals surface area contributed by atoms with Crippen LogP contribution in [0.2, 0.25) is 0 Å². The average Bonchev–Trinajstić information content (AvgIpc) is 2.38. The molecule has 0 aromatic heterocycles. The summed E-state index contributed by atoms with van der Waals surface area (Å²) in [6.07, 6.45) is -0.189. The molecule has 0 aliphatic carbocycles. The van der Waals surface area contributed by atoms with Crippen molar-refractivity contribution in [3.63, 3.8) is 0 Å². The fourth-order valence-corrected chi connectivity index (χ4v) is 1.61. The quantitative estimate of drug-likeness (QED) is 0.742. The van der Waals surface area contributed by atoms with E-state index in [4.69, 9.17) is 5.11 Å². The molecule has 2 amide bonds. The molecule has 0 heterocycles. The van der Waals surface area contributed by atoms with Gasteiger partial charge in [-0.25, -0.2) is 0 Å². The number of carbonyl (C=O) groups excluding carboxylic acids is 2. The van der Waals surface area contributed by atoms with Gasteiger partial charge in [0, 0.05) is 12.1 Å². The molecule has 0 radical (unpaired) electrons. The van der Waals surface area contributed by atoms with E-state index in [1.807, 2.05) is 6.07 Å². The van der Waals surface area contributed by atoms with Gasteiger partial charge < -0.3 is 15.7 Å². The molecule has 6 heteroatoms. The summed E-state index contributed by atoms with van der Waals surface area (Å²) in [5.41, 5.74) is -0.533. The fourth-order valence-electron chi connectivity index (χ4n) is 1.61. The second-order valence-electron chi connectivity index (χ2n) is 5.51. The molecular formula is C15H20N2O4. The average molecular weight is 292 g/mol. The van der Waals surface area contributed by atoms with E-state index in [1.165, 1.54) is 13.8 Å². The van der Waals surface area contributed by atoms with Gasteiger partial charge in [0.2, 0.25) is 11.8 Å². The molecule has 1 aromatic carbocycles. The Balaban J connectivity index is 2.52. The minimum Gasteiger partial charge on any atom is -0.481 e. The molecule has 114 valence electrons. The number of carboxylic acids is 1. The maximum atomic E-state index is 11.9. The van der Waals surface area contributed by atoms with Crippen LogP contribution in [-0.2, 0) is 14.4 Å². The molecule has 0 spiro atoms. The molecule has 1 unspecified atom stereocenters. The van der Waals surface area contributed by atoms with Crippen molar-refractivity contribution in [3.8, 4) is 0 Å². The lowest BCUT2D eigenvalue weighted by Crippen LogP contribution is -2.43. The van der Waals surface area contributed by atoms with Gasteiger partial charge in [0.05, 0.1) is 5.41 Å². The number of rotatable bonds is 6. The third-order valence-electron chi connectivity index (χ3n) is 2.99. The van der Waals surface area contributed by atoms with Gasteiger partial charge in [0.25, 0.3) is 0 Å². The van der Waals surface area contributed by atoms with Gasteiger partial charge in [-0.05, 0) is 32.9 Å². The second kappa shape index (κ2) is 6.88. The van der Waals surface area contributed by atoms with Crippen molar-refractivity contribution < 1.29 is 19.5 Å². The van der Waals surface area contributed by atoms with Gasteiger partial charge in [-0.15, -0.1) is 0 Å². The van der Waals surface area contributed by atoms with Crippen LogP contribution < -0.4 is 10.6 Å². The zero-order chi connectivity index (χ0) is 16.0. The van der Waals surface area contributed by atoms with Crippen molar-refractivity contribution in [2.75, 3.05) is 5.32 Å². The Morgan fingerprint density at radius 3 is 2.29 bits per heavy atom. The summed E-state index contributed by atoms with van der Waals surface area (Å²) in [5, 5.41) is 14.1. The zero-order valence-corrected chi connectivity index (χ0v) is 12.3. The fraction of sp³-hybridized carbons (Fsp3) is 0.400. The van der Waals surface area contributed by atoms with Crippen LogP contribution >= 0.6 is 0 Å². The van der Waals surface area contributed by atoms with Gasteiger partial charge in [-0.1, -0.05) is 18.2 Å². The molecule has 0 saturated heterocycles. The number of benzene rings is 1. The number of hydrogen-bond donors (Lipinski definition) is 3. The molecule has 6 nitrogen and oxygen atoms in total. The summed E-state index contributed by atoms with van der Waals surface area (Å²) >= 11 is 0. The molecule has 0 aliphatic rings. The predicted molar refractivity (Wildman–Crippen MR) is 78.7 cm³/mol. The normalized spacial score (nSPS) is 12.3. The highest BCUT2D eigenvalue weighted by Crippen LogP contribution is 2.20. The molecule has 1 atom stereocenters. The first-order valence-electron chi connectivity index (χ1n) is 6.61. The lowest BCUT2D eigenvalue weighted by Gasteiger charge is -2.20. The summed E-state index contributed by atoms with van der Waals surface area (Å²) in [5.74, 6) is -1.89. The van der Waals surface area contributed by atoms with Crippen LogP contribution in [0.15, 0.2) is 30.3 Å². The summed E-state index contributed by atoms with van der Waals surface area (Å²) in [7, 11) is 0. The van der Waals surface area contributed by atoms with E-state index in [2.05, 4.69) is 10.6 Å². The number of nitrogens with one attached hydrogen (secondary N) is 2. The second-order valence-corrected chi connectivity index (χ2v) is 5.51. The van der Waals surface area contributed by atoms with Crippen molar-refractivity contribution in [1.82, 2.24) is 5.32 Å². The Morgan fingerprint density at radius 2 is 1.76 bits per heavy atom. The summed E-state index contributed by atoms with van der Waals surface area (Å²) < 4.78 is 0. The number of amides is 2. The van der Waals surface area contributed by atoms with Crippen molar-refractivity contribution in [1.29, 1.82) is 0 Å². The van der Waals surface area contributed by atoms with E-state index in [9.17, 15) is 14.4 Å². The highest BCUT2D eigenvalue weighted by atomic mass is 16.4. The van der Waals surface area contributed by atoms with Crippen LogP contribution in [0.25, 0.3) is 0 Å². The van der Waals surface area contributed by atoms with Crippen molar-refractivity contribution >= 4 is 23.5 Å². The van der Waals surface area contributed by atoms with E-state index in [-0.39, 0.29) is 12.3 Å². The van der Waals surface area contributed by atoms with Crippen molar-refractivity contribution in [3.05, 3.63) is 30.3 Å². The number of carboxylic acid groups (broad SMARTS) is 1. The first-order valence-corrected chi connectivity index (χ1v) is 6.61. The molecule has 0 fully saturated rings. The van der Waals surface area contributed by atoms with E-state index in [0.717, 1.165) is 0 Å². The molecule has 0 aliphatic heterocycles. The molecule has 21 heavy (non-hydrogen) atoms. The third kappa shape index (κ3) is 5.25. The standard InChI is InChI=1S/C15H20N2O4/c1-10(13(19)17-11-7-5-4-6-8-11)16-12(18)9-15(2,3)14(20)21/h4-8,10H,9H2,1-3H3,(H,16,18)(H,17,19)(H,20,21). The largest absolute Gasteiger partial charge is 0.481 e. The van der Waals surface area contributed by atoms with Gasteiger partial charge >= 0.3 is 5.97 Å². The maximum absolute atomic E-state index is 11.9. The smallest absolute Gasteiger partial charge is 0.309 e. The van der Waals surface area contributed by atoms with E-state index < -0.39 is 23.3 Å². The molecule has 1 aromatic rings. The minimum absolute atomic E-state index is 0.189. The number of para-hydroxylation sites is 1. The molecular weight excluding hydrogens is 272 g/mol. The number of carbonyl (C=O) groups is 3. The van der Waals surface area contributed by atoms with Crippen molar-refractivity contribution in [2.45, 2.75) is 33.2 Å².